The minimum absolute atomic E-state index is 0.107. The number of benzene rings is 1. The van der Waals surface area contributed by atoms with Crippen molar-refractivity contribution in [3.8, 4) is 5.88 Å². The number of aromatic nitrogens is 1. The summed E-state index contributed by atoms with van der Waals surface area (Å²) in [6.07, 6.45) is 1.10. The van der Waals surface area contributed by atoms with Gasteiger partial charge < -0.3 is 10.1 Å². The van der Waals surface area contributed by atoms with Gasteiger partial charge in [-0.3, -0.25) is 9.78 Å². The average molecular weight is 246 g/mol. The molecule has 0 aliphatic carbocycles. The number of fused-ring (bicyclic) bond motifs is 1. The molecule has 0 atom stereocenters. The quantitative estimate of drug-likeness (QED) is 0.765. The number of ether oxygens (including phenoxy) is 1. The molecular formula is C14H18N2O2. The minimum Gasteiger partial charge on any atom is -0.478 e. The molecule has 1 heterocycles. The first-order valence-electron chi connectivity index (χ1n) is 6.27. The molecule has 0 bridgehead atoms. The van der Waals surface area contributed by atoms with Gasteiger partial charge in [-0.25, -0.2) is 0 Å². The molecule has 0 saturated heterocycles. The Labute approximate surface area is 106 Å². The van der Waals surface area contributed by atoms with E-state index >= 15 is 0 Å². The van der Waals surface area contributed by atoms with Crippen LogP contribution in [0.15, 0.2) is 35.1 Å². The number of hydrogen-bond donors (Lipinski definition) is 2. The molecule has 0 spiro atoms. The molecule has 0 amide bonds. The Kier molecular flexibility index (Phi) is 4.36. The van der Waals surface area contributed by atoms with Crippen LogP contribution in [0.1, 0.15) is 13.3 Å². The Morgan fingerprint density at radius 2 is 2.11 bits per heavy atom. The number of nitrogens with one attached hydrogen (secondary N) is 2. The first-order valence-corrected chi connectivity index (χ1v) is 6.27. The highest BCUT2D eigenvalue weighted by Crippen LogP contribution is 2.13. The zero-order chi connectivity index (χ0) is 12.8. The van der Waals surface area contributed by atoms with Gasteiger partial charge in [0.25, 0.3) is 5.56 Å². The van der Waals surface area contributed by atoms with Gasteiger partial charge in [0.1, 0.15) is 6.61 Å². The molecule has 0 radical (unpaired) electrons. The van der Waals surface area contributed by atoms with Gasteiger partial charge in [-0.1, -0.05) is 25.1 Å². The smallest absolute Gasteiger partial charge is 0.258 e. The lowest BCUT2D eigenvalue weighted by Crippen LogP contribution is -2.22. The lowest BCUT2D eigenvalue weighted by atomic mass is 10.2. The van der Waals surface area contributed by atoms with Crippen molar-refractivity contribution < 1.29 is 4.74 Å². The molecule has 0 unspecified atom stereocenters. The van der Waals surface area contributed by atoms with Crippen LogP contribution in [0.2, 0.25) is 0 Å². The first kappa shape index (κ1) is 12.6. The molecule has 1 aromatic heterocycles. The molecule has 2 aromatic rings. The van der Waals surface area contributed by atoms with Crippen LogP contribution in [-0.4, -0.2) is 24.7 Å². The highest BCUT2D eigenvalue weighted by molar-refractivity contribution is 5.82. The maximum Gasteiger partial charge on any atom is 0.258 e. The Hall–Kier alpha value is -1.81. The third kappa shape index (κ3) is 3.11. The Balaban J connectivity index is 2.03. The van der Waals surface area contributed by atoms with Crippen molar-refractivity contribution in [2.75, 3.05) is 19.7 Å². The van der Waals surface area contributed by atoms with Gasteiger partial charge in [0.15, 0.2) is 5.88 Å². The van der Waals surface area contributed by atoms with Crippen molar-refractivity contribution in [1.29, 1.82) is 0 Å². The number of hydrogen-bond acceptors (Lipinski definition) is 3. The molecule has 2 N–H and O–H groups in total. The second kappa shape index (κ2) is 6.21. The molecule has 0 aliphatic rings. The van der Waals surface area contributed by atoms with Gasteiger partial charge in [-0.15, -0.1) is 0 Å². The van der Waals surface area contributed by atoms with Crippen LogP contribution < -0.4 is 15.6 Å². The zero-order valence-electron chi connectivity index (χ0n) is 10.5. The van der Waals surface area contributed by atoms with E-state index in [4.69, 9.17) is 4.74 Å². The Bertz CT molecular complexity index is 563. The van der Waals surface area contributed by atoms with E-state index in [9.17, 15) is 4.79 Å². The van der Waals surface area contributed by atoms with E-state index < -0.39 is 0 Å². The van der Waals surface area contributed by atoms with Crippen LogP contribution in [0.5, 0.6) is 5.88 Å². The van der Waals surface area contributed by atoms with Gasteiger partial charge in [0.2, 0.25) is 0 Å². The maximum atomic E-state index is 11.8. The van der Waals surface area contributed by atoms with Crippen molar-refractivity contribution in [1.82, 2.24) is 10.3 Å². The van der Waals surface area contributed by atoms with E-state index in [1.54, 1.807) is 6.07 Å². The summed E-state index contributed by atoms with van der Waals surface area (Å²) < 4.78 is 5.52. The summed E-state index contributed by atoms with van der Waals surface area (Å²) in [5, 5.41) is 4.83. The summed E-state index contributed by atoms with van der Waals surface area (Å²) in [7, 11) is 0. The number of aromatic amines is 1. The summed E-state index contributed by atoms with van der Waals surface area (Å²) in [6.45, 7) is 4.43. The largest absolute Gasteiger partial charge is 0.478 e. The second-order valence-corrected chi connectivity index (χ2v) is 4.15. The average Bonchev–Trinajstić information content (AvgIpc) is 2.39. The third-order valence-electron chi connectivity index (χ3n) is 2.69. The van der Waals surface area contributed by atoms with Crippen molar-refractivity contribution in [2.45, 2.75) is 13.3 Å². The molecule has 4 heteroatoms. The van der Waals surface area contributed by atoms with Crippen LogP contribution in [0.25, 0.3) is 10.8 Å². The molecular weight excluding hydrogens is 228 g/mol. The Morgan fingerprint density at radius 3 is 2.94 bits per heavy atom. The van der Waals surface area contributed by atoms with Crippen LogP contribution in [0.3, 0.4) is 0 Å². The molecule has 0 aliphatic heterocycles. The van der Waals surface area contributed by atoms with Gasteiger partial charge >= 0.3 is 0 Å². The lowest BCUT2D eigenvalue weighted by Gasteiger charge is -2.07. The van der Waals surface area contributed by atoms with E-state index in [1.165, 1.54) is 0 Å². The summed E-state index contributed by atoms with van der Waals surface area (Å²) in [4.78, 5) is 14.5. The number of pyridine rings is 1. The molecule has 0 fully saturated rings. The van der Waals surface area contributed by atoms with Crippen LogP contribution >= 0.6 is 0 Å². The summed E-state index contributed by atoms with van der Waals surface area (Å²) in [5.41, 5.74) is -0.107. The summed E-state index contributed by atoms with van der Waals surface area (Å²) in [5.74, 6) is 0.525. The van der Waals surface area contributed by atoms with Crippen molar-refractivity contribution in [3.63, 3.8) is 0 Å². The first-order chi connectivity index (χ1) is 8.81. The van der Waals surface area contributed by atoms with Crippen LogP contribution in [-0.2, 0) is 0 Å². The van der Waals surface area contributed by atoms with Gasteiger partial charge in [-0.05, 0) is 24.4 Å². The fourth-order valence-corrected chi connectivity index (χ4v) is 1.80. The predicted octanol–water partition coefficient (Wildman–Crippen LogP) is 1.91. The molecule has 0 saturated carbocycles. The van der Waals surface area contributed by atoms with Crippen molar-refractivity contribution >= 4 is 10.8 Å². The lowest BCUT2D eigenvalue weighted by molar-refractivity contribution is 0.302. The molecule has 18 heavy (non-hydrogen) atoms. The molecule has 4 nitrogen and oxygen atoms in total. The van der Waals surface area contributed by atoms with Crippen LogP contribution in [0.4, 0.5) is 0 Å². The fraction of sp³-hybridized carbons (Fsp3) is 0.357. The highest BCUT2D eigenvalue weighted by atomic mass is 16.5. The SMILES string of the molecule is CCCNCCOc1cc2ccccc2c(=O)[nH]1. The zero-order valence-corrected chi connectivity index (χ0v) is 10.5. The van der Waals surface area contributed by atoms with E-state index in [1.807, 2.05) is 24.3 Å². The molecule has 1 aromatic carbocycles. The normalized spacial score (nSPS) is 10.7. The molecule has 96 valence electrons. The molecule has 2 rings (SSSR count). The Morgan fingerprint density at radius 1 is 1.28 bits per heavy atom. The van der Waals surface area contributed by atoms with Crippen molar-refractivity contribution in [3.05, 3.63) is 40.7 Å². The number of H-pyrrole nitrogens is 1. The standard InChI is InChI=1S/C14H18N2O2/c1-2-7-15-8-9-18-13-10-11-5-3-4-6-12(11)14(17)16-13/h3-6,10,15H,2,7-9H2,1H3,(H,16,17). The van der Waals surface area contributed by atoms with E-state index in [0.29, 0.717) is 17.9 Å². The second-order valence-electron chi connectivity index (χ2n) is 4.15. The predicted molar refractivity (Wildman–Crippen MR) is 73.2 cm³/mol. The highest BCUT2D eigenvalue weighted by Gasteiger charge is 2.01. The van der Waals surface area contributed by atoms with Crippen LogP contribution in [0, 0.1) is 0 Å². The van der Waals surface area contributed by atoms with E-state index in [2.05, 4.69) is 17.2 Å². The van der Waals surface area contributed by atoms with Gasteiger partial charge in [-0.2, -0.15) is 0 Å². The third-order valence-corrected chi connectivity index (χ3v) is 2.69. The van der Waals surface area contributed by atoms with E-state index in [-0.39, 0.29) is 5.56 Å². The fourth-order valence-electron chi connectivity index (χ4n) is 1.80. The van der Waals surface area contributed by atoms with Crippen molar-refractivity contribution in [2.24, 2.45) is 0 Å². The van der Waals surface area contributed by atoms with E-state index in [0.717, 1.165) is 24.9 Å². The minimum atomic E-state index is -0.107. The summed E-state index contributed by atoms with van der Waals surface area (Å²) >= 11 is 0. The summed E-state index contributed by atoms with van der Waals surface area (Å²) in [6, 6.07) is 9.34. The number of rotatable bonds is 6. The van der Waals surface area contributed by atoms with Gasteiger partial charge in [0, 0.05) is 18.0 Å². The monoisotopic (exact) mass is 246 g/mol. The van der Waals surface area contributed by atoms with Gasteiger partial charge in [0.05, 0.1) is 0 Å². The maximum absolute atomic E-state index is 11.8. The topological polar surface area (TPSA) is 54.1 Å².